The van der Waals surface area contributed by atoms with Crippen molar-refractivity contribution in [2.75, 3.05) is 13.2 Å². The molecule has 0 aromatic heterocycles. The quantitative estimate of drug-likeness (QED) is 0.634. The molecule has 72 valence electrons. The molecule has 0 radical (unpaired) electrons. The van der Waals surface area contributed by atoms with Gasteiger partial charge in [0.25, 0.3) is 0 Å². The highest BCUT2D eigenvalue weighted by Gasteiger charge is 2.01. The Bertz CT molecular complexity index is 271. The van der Waals surface area contributed by atoms with E-state index in [4.69, 9.17) is 10.2 Å². The van der Waals surface area contributed by atoms with Crippen LogP contribution in [0.25, 0.3) is 0 Å². The lowest BCUT2D eigenvalue weighted by Crippen LogP contribution is -1.95. The number of hydrogen-bond acceptors (Lipinski definition) is 3. The third kappa shape index (κ3) is 2.72. The van der Waals surface area contributed by atoms with Crippen LogP contribution in [0.1, 0.15) is 11.1 Å². The smallest absolute Gasteiger partial charge is 0.118 e. The Morgan fingerprint density at radius 1 is 1.00 bits per heavy atom. The van der Waals surface area contributed by atoms with Crippen LogP contribution >= 0.6 is 0 Å². The molecule has 1 aromatic rings. The summed E-state index contributed by atoms with van der Waals surface area (Å²) in [6.07, 6.45) is 1.03. The molecular formula is C10H14O3. The van der Waals surface area contributed by atoms with Crippen molar-refractivity contribution in [1.29, 1.82) is 0 Å². The van der Waals surface area contributed by atoms with Crippen molar-refractivity contribution in [2.24, 2.45) is 0 Å². The second-order valence-electron chi connectivity index (χ2n) is 2.91. The number of rotatable bonds is 4. The van der Waals surface area contributed by atoms with Gasteiger partial charge in [0.15, 0.2) is 0 Å². The minimum absolute atomic E-state index is 0.0239. The van der Waals surface area contributed by atoms with Crippen LogP contribution in [0.5, 0.6) is 5.75 Å². The van der Waals surface area contributed by atoms with E-state index in [2.05, 4.69) is 0 Å². The Kier molecular flexibility index (Phi) is 3.73. The third-order valence-corrected chi connectivity index (χ3v) is 1.93. The van der Waals surface area contributed by atoms with E-state index in [1.807, 2.05) is 6.07 Å². The molecule has 3 heteroatoms. The van der Waals surface area contributed by atoms with Gasteiger partial charge < -0.3 is 15.3 Å². The summed E-state index contributed by atoms with van der Waals surface area (Å²) in [6, 6.07) is 5.17. The lowest BCUT2D eigenvalue weighted by Gasteiger charge is -2.05. The SMILES string of the molecule is OCCc1ccc(O)c(CCO)c1. The molecular weight excluding hydrogens is 168 g/mol. The van der Waals surface area contributed by atoms with Crippen LogP contribution in [0.4, 0.5) is 0 Å². The zero-order valence-corrected chi connectivity index (χ0v) is 7.40. The summed E-state index contributed by atoms with van der Waals surface area (Å²) in [7, 11) is 0. The lowest BCUT2D eigenvalue weighted by atomic mass is 10.1. The van der Waals surface area contributed by atoms with E-state index in [-0.39, 0.29) is 19.0 Å². The lowest BCUT2D eigenvalue weighted by molar-refractivity contribution is 0.296. The fourth-order valence-corrected chi connectivity index (χ4v) is 1.24. The van der Waals surface area contributed by atoms with E-state index >= 15 is 0 Å². The average Bonchev–Trinajstić information content (AvgIpc) is 2.12. The van der Waals surface area contributed by atoms with Gasteiger partial charge in [-0.2, -0.15) is 0 Å². The van der Waals surface area contributed by atoms with Gasteiger partial charge in [-0.3, -0.25) is 0 Å². The van der Waals surface area contributed by atoms with E-state index in [0.717, 1.165) is 11.1 Å². The summed E-state index contributed by atoms with van der Waals surface area (Å²) in [6.45, 7) is 0.124. The summed E-state index contributed by atoms with van der Waals surface area (Å²) < 4.78 is 0. The standard InChI is InChI=1S/C10H14O3/c11-5-3-8-1-2-10(13)9(7-8)4-6-12/h1-2,7,11-13H,3-6H2. The summed E-state index contributed by atoms with van der Waals surface area (Å²) in [5.74, 6) is 0.204. The fourth-order valence-electron chi connectivity index (χ4n) is 1.24. The van der Waals surface area contributed by atoms with E-state index in [9.17, 15) is 5.11 Å². The van der Waals surface area contributed by atoms with Crippen molar-refractivity contribution in [3.05, 3.63) is 29.3 Å². The molecule has 3 nitrogen and oxygen atoms in total. The minimum atomic E-state index is 0.0239. The minimum Gasteiger partial charge on any atom is -0.508 e. The van der Waals surface area contributed by atoms with Crippen LogP contribution in [-0.4, -0.2) is 28.5 Å². The first-order valence-corrected chi connectivity index (χ1v) is 4.30. The Morgan fingerprint density at radius 3 is 2.31 bits per heavy atom. The molecule has 0 bridgehead atoms. The molecule has 0 aliphatic rings. The highest BCUT2D eigenvalue weighted by atomic mass is 16.3. The normalized spacial score (nSPS) is 10.3. The number of aliphatic hydroxyl groups excluding tert-OH is 2. The maximum Gasteiger partial charge on any atom is 0.118 e. The molecule has 0 saturated heterocycles. The molecule has 0 aliphatic carbocycles. The number of benzene rings is 1. The number of aliphatic hydroxyl groups is 2. The molecule has 1 rings (SSSR count). The first-order valence-electron chi connectivity index (χ1n) is 4.30. The molecule has 0 saturated carbocycles. The maximum absolute atomic E-state index is 9.36. The topological polar surface area (TPSA) is 60.7 Å². The molecule has 0 atom stereocenters. The predicted molar refractivity (Wildman–Crippen MR) is 49.7 cm³/mol. The Morgan fingerprint density at radius 2 is 1.69 bits per heavy atom. The number of phenolic OH excluding ortho intramolecular Hbond substituents is 1. The second kappa shape index (κ2) is 4.84. The monoisotopic (exact) mass is 182 g/mol. The molecule has 0 fully saturated rings. The van der Waals surface area contributed by atoms with Crippen LogP contribution in [0.3, 0.4) is 0 Å². The van der Waals surface area contributed by atoms with Gasteiger partial charge in [-0.25, -0.2) is 0 Å². The predicted octanol–water partition coefficient (Wildman–Crippen LogP) is 0.462. The number of phenols is 1. The molecule has 0 amide bonds. The summed E-state index contributed by atoms with van der Waals surface area (Å²) in [4.78, 5) is 0. The fraction of sp³-hybridized carbons (Fsp3) is 0.400. The molecule has 0 heterocycles. The van der Waals surface area contributed by atoms with Crippen molar-refractivity contribution < 1.29 is 15.3 Å². The van der Waals surface area contributed by atoms with Gasteiger partial charge in [0, 0.05) is 13.2 Å². The zero-order chi connectivity index (χ0) is 9.68. The van der Waals surface area contributed by atoms with E-state index in [0.29, 0.717) is 12.8 Å². The number of hydrogen-bond donors (Lipinski definition) is 3. The molecule has 0 spiro atoms. The summed E-state index contributed by atoms with van der Waals surface area (Å²) in [5.41, 5.74) is 1.71. The maximum atomic E-state index is 9.36. The molecule has 1 aromatic carbocycles. The molecule has 0 unspecified atom stereocenters. The van der Waals surface area contributed by atoms with Gasteiger partial charge in [-0.1, -0.05) is 12.1 Å². The van der Waals surface area contributed by atoms with Crippen molar-refractivity contribution in [2.45, 2.75) is 12.8 Å². The van der Waals surface area contributed by atoms with Gasteiger partial charge in [-0.05, 0) is 30.0 Å². The third-order valence-electron chi connectivity index (χ3n) is 1.93. The van der Waals surface area contributed by atoms with Crippen LogP contribution < -0.4 is 0 Å². The average molecular weight is 182 g/mol. The van der Waals surface area contributed by atoms with Crippen molar-refractivity contribution in [1.82, 2.24) is 0 Å². The Labute approximate surface area is 77.3 Å². The highest BCUT2D eigenvalue weighted by molar-refractivity contribution is 5.36. The van der Waals surface area contributed by atoms with Crippen molar-refractivity contribution in [3.8, 4) is 5.75 Å². The van der Waals surface area contributed by atoms with E-state index in [1.54, 1.807) is 12.1 Å². The molecule has 3 N–H and O–H groups in total. The van der Waals surface area contributed by atoms with Gasteiger partial charge >= 0.3 is 0 Å². The van der Waals surface area contributed by atoms with Gasteiger partial charge in [0.2, 0.25) is 0 Å². The Balaban J connectivity index is 2.83. The van der Waals surface area contributed by atoms with Gasteiger partial charge in [-0.15, -0.1) is 0 Å². The molecule has 13 heavy (non-hydrogen) atoms. The summed E-state index contributed by atoms with van der Waals surface area (Å²) >= 11 is 0. The second-order valence-corrected chi connectivity index (χ2v) is 2.91. The van der Waals surface area contributed by atoms with Crippen LogP contribution in [-0.2, 0) is 12.8 Å². The van der Waals surface area contributed by atoms with Crippen molar-refractivity contribution >= 4 is 0 Å². The van der Waals surface area contributed by atoms with E-state index in [1.165, 1.54) is 0 Å². The van der Waals surface area contributed by atoms with Crippen LogP contribution in [0, 0.1) is 0 Å². The largest absolute Gasteiger partial charge is 0.508 e. The highest BCUT2D eigenvalue weighted by Crippen LogP contribution is 2.18. The zero-order valence-electron chi connectivity index (χ0n) is 7.40. The van der Waals surface area contributed by atoms with Crippen LogP contribution in [0.15, 0.2) is 18.2 Å². The summed E-state index contributed by atoms with van der Waals surface area (Å²) in [5, 5.41) is 26.8. The number of aromatic hydroxyl groups is 1. The van der Waals surface area contributed by atoms with Crippen molar-refractivity contribution in [3.63, 3.8) is 0 Å². The first kappa shape index (κ1) is 10.0. The van der Waals surface area contributed by atoms with Gasteiger partial charge in [0.1, 0.15) is 5.75 Å². The first-order chi connectivity index (χ1) is 6.27. The van der Waals surface area contributed by atoms with Crippen LogP contribution in [0.2, 0.25) is 0 Å². The van der Waals surface area contributed by atoms with E-state index < -0.39 is 0 Å². The Hall–Kier alpha value is -1.06. The molecule has 0 aliphatic heterocycles. The van der Waals surface area contributed by atoms with Gasteiger partial charge in [0.05, 0.1) is 0 Å².